The first kappa shape index (κ1) is 24.7. The summed E-state index contributed by atoms with van der Waals surface area (Å²) < 4.78 is 34.8. The number of nitrogens with zero attached hydrogens (tertiary/aromatic N) is 4. The Hall–Kier alpha value is -2.61. The average molecular weight is 511 g/mol. The maximum Gasteiger partial charge on any atom is 0.275 e. The van der Waals surface area contributed by atoms with E-state index in [0.717, 1.165) is 75.0 Å². The first-order valence-corrected chi connectivity index (χ1v) is 13.7. The zero-order valence-corrected chi connectivity index (χ0v) is 21.8. The van der Waals surface area contributed by atoms with Gasteiger partial charge in [-0.25, -0.2) is 8.78 Å². The number of carbonyl (C=O) groups excluding carboxylic acids is 1. The van der Waals surface area contributed by atoms with Gasteiger partial charge in [0.15, 0.2) is 5.78 Å². The fraction of sp³-hybridized carbons (Fsp3) is 0.621. The third kappa shape index (κ3) is 4.73. The predicted molar refractivity (Wildman–Crippen MR) is 137 cm³/mol. The van der Waals surface area contributed by atoms with E-state index < -0.39 is 5.92 Å². The summed E-state index contributed by atoms with van der Waals surface area (Å²) in [5.74, 6) is -1.10. The van der Waals surface area contributed by atoms with E-state index in [-0.39, 0.29) is 16.8 Å². The van der Waals surface area contributed by atoms with Gasteiger partial charge in [-0.1, -0.05) is 30.1 Å². The molecule has 0 radical (unpaired) electrons. The molecule has 2 unspecified atom stereocenters. The molecule has 37 heavy (non-hydrogen) atoms. The van der Waals surface area contributed by atoms with E-state index in [2.05, 4.69) is 15.2 Å². The van der Waals surface area contributed by atoms with Crippen LogP contribution in [-0.2, 0) is 18.4 Å². The molecule has 3 aliphatic rings. The Morgan fingerprint density at radius 3 is 2.76 bits per heavy atom. The van der Waals surface area contributed by atoms with E-state index in [1.54, 1.807) is 4.68 Å². The number of rotatable bonds is 8. The van der Waals surface area contributed by atoms with Crippen molar-refractivity contribution in [3.05, 3.63) is 47.5 Å². The number of alkyl halides is 2. The summed E-state index contributed by atoms with van der Waals surface area (Å²) in [6.07, 6.45) is 11.3. The summed E-state index contributed by atoms with van der Waals surface area (Å²) in [5, 5.41) is 9.41. The second-order valence-corrected chi connectivity index (χ2v) is 11.9. The Morgan fingerprint density at radius 1 is 1.22 bits per heavy atom. The van der Waals surface area contributed by atoms with Crippen molar-refractivity contribution in [1.82, 2.24) is 19.8 Å². The molecule has 6 rings (SSSR count). The second-order valence-electron chi connectivity index (χ2n) is 11.9. The fourth-order valence-corrected chi connectivity index (χ4v) is 7.07. The van der Waals surface area contributed by atoms with Crippen LogP contribution >= 0.6 is 0 Å². The summed E-state index contributed by atoms with van der Waals surface area (Å²) >= 11 is 0. The molecular formula is C29H36F2N4O2. The number of halogens is 2. The summed E-state index contributed by atoms with van der Waals surface area (Å²) in [6.45, 7) is 3.89. The van der Waals surface area contributed by atoms with Crippen LogP contribution in [-0.4, -0.2) is 45.3 Å². The van der Waals surface area contributed by atoms with Crippen molar-refractivity contribution >= 4 is 16.7 Å². The Balaban J connectivity index is 0.963. The monoisotopic (exact) mass is 510 g/mol. The van der Waals surface area contributed by atoms with Crippen molar-refractivity contribution in [3.63, 3.8) is 0 Å². The molecule has 0 spiro atoms. The molecule has 3 fully saturated rings. The molecule has 1 aliphatic heterocycles. The van der Waals surface area contributed by atoms with Gasteiger partial charge in [-0.3, -0.25) is 9.48 Å². The highest BCUT2D eigenvalue weighted by Crippen LogP contribution is 2.60. The molecule has 2 aromatic heterocycles. The number of carbonyl (C=O) groups is 1. The SMILES string of the molecule is Cn1cc2c(C(=O)CC3CCC(CCN4CCC5(c6nocc6C(C)(F)F)CC5C4)CC3)cccc2n1. The number of benzene rings is 1. The minimum Gasteiger partial charge on any atom is -0.364 e. The lowest BCUT2D eigenvalue weighted by Crippen LogP contribution is -2.38. The van der Waals surface area contributed by atoms with Crippen LogP contribution in [0.1, 0.15) is 79.9 Å². The van der Waals surface area contributed by atoms with Crippen LogP contribution < -0.4 is 0 Å². The van der Waals surface area contributed by atoms with Crippen molar-refractivity contribution in [2.75, 3.05) is 19.6 Å². The number of ketones is 1. The van der Waals surface area contributed by atoms with Crippen molar-refractivity contribution in [1.29, 1.82) is 0 Å². The van der Waals surface area contributed by atoms with Crippen LogP contribution in [0.25, 0.3) is 10.9 Å². The first-order chi connectivity index (χ1) is 17.7. The Bertz CT molecular complexity index is 1290. The van der Waals surface area contributed by atoms with Crippen molar-refractivity contribution < 1.29 is 18.1 Å². The molecule has 2 saturated carbocycles. The topological polar surface area (TPSA) is 64.2 Å². The lowest BCUT2D eigenvalue weighted by atomic mass is 9.78. The van der Waals surface area contributed by atoms with Crippen molar-refractivity contribution in [2.45, 2.75) is 69.6 Å². The third-order valence-electron chi connectivity index (χ3n) is 9.36. The standard InChI is InChI=1S/C29H36F2N4O2/c1-28(30,31)24-18-37-33-27(24)29-11-13-35(16-21(29)15-29)12-10-19-6-8-20(9-7-19)14-26(36)22-4-3-5-25-23(22)17-34(2)32-25/h3-5,17-21H,6-16H2,1-2H3. The maximum absolute atomic E-state index is 14.0. The van der Waals surface area contributed by atoms with Gasteiger partial charge in [-0.05, 0) is 69.0 Å². The molecule has 1 aromatic carbocycles. The third-order valence-corrected chi connectivity index (χ3v) is 9.36. The van der Waals surface area contributed by atoms with Crippen LogP contribution in [0.3, 0.4) is 0 Å². The number of likely N-dealkylation sites (tertiary alicyclic amines) is 1. The van der Waals surface area contributed by atoms with Gasteiger partial charge in [0.25, 0.3) is 5.92 Å². The minimum absolute atomic E-state index is 0.0317. The number of aromatic nitrogens is 3. The van der Waals surface area contributed by atoms with Gasteiger partial charge < -0.3 is 9.42 Å². The lowest BCUT2D eigenvalue weighted by molar-refractivity contribution is 0.0151. The molecule has 8 heteroatoms. The maximum atomic E-state index is 14.0. The van der Waals surface area contributed by atoms with Gasteiger partial charge in [-0.15, -0.1) is 0 Å². The molecular weight excluding hydrogens is 474 g/mol. The highest BCUT2D eigenvalue weighted by molar-refractivity contribution is 6.07. The highest BCUT2D eigenvalue weighted by Gasteiger charge is 2.61. The molecule has 0 N–H and O–H groups in total. The fourth-order valence-electron chi connectivity index (χ4n) is 7.07. The molecule has 198 valence electrons. The second kappa shape index (κ2) is 9.29. The van der Waals surface area contributed by atoms with E-state index in [1.807, 2.05) is 31.4 Å². The number of Topliss-reactive ketones (excluding diaryl/α,β-unsaturated/α-hetero) is 1. The quantitative estimate of drug-likeness (QED) is 0.342. The Kier molecular flexibility index (Phi) is 6.21. The highest BCUT2D eigenvalue weighted by atomic mass is 19.3. The van der Waals surface area contributed by atoms with Gasteiger partial charge in [0.05, 0.1) is 16.8 Å². The zero-order chi connectivity index (χ0) is 25.8. The molecule has 3 heterocycles. The summed E-state index contributed by atoms with van der Waals surface area (Å²) in [6, 6.07) is 5.82. The van der Waals surface area contributed by atoms with Gasteiger partial charge >= 0.3 is 0 Å². The first-order valence-electron chi connectivity index (χ1n) is 13.7. The molecule has 2 atom stereocenters. The summed E-state index contributed by atoms with van der Waals surface area (Å²) in [5.41, 5.74) is 1.94. The van der Waals surface area contributed by atoms with Crippen LogP contribution in [0.2, 0.25) is 0 Å². The Labute approximate surface area is 216 Å². The van der Waals surface area contributed by atoms with Crippen LogP contribution in [0.5, 0.6) is 0 Å². The summed E-state index contributed by atoms with van der Waals surface area (Å²) in [4.78, 5) is 15.6. The normalized spacial score (nSPS) is 28.4. The van der Waals surface area contributed by atoms with Gasteiger partial charge in [0, 0.05) is 49.5 Å². The van der Waals surface area contributed by atoms with Crippen LogP contribution in [0.4, 0.5) is 8.78 Å². The van der Waals surface area contributed by atoms with E-state index >= 15 is 0 Å². The van der Waals surface area contributed by atoms with E-state index in [4.69, 9.17) is 4.52 Å². The largest absolute Gasteiger partial charge is 0.364 e. The minimum atomic E-state index is -2.91. The molecule has 0 amide bonds. The lowest BCUT2D eigenvalue weighted by Gasteiger charge is -2.34. The Morgan fingerprint density at radius 2 is 2.00 bits per heavy atom. The number of hydrogen-bond donors (Lipinski definition) is 0. The summed E-state index contributed by atoms with van der Waals surface area (Å²) in [7, 11) is 1.89. The van der Waals surface area contributed by atoms with E-state index in [1.165, 1.54) is 19.3 Å². The number of aryl methyl sites for hydroxylation is 1. The van der Waals surface area contributed by atoms with Gasteiger partial charge in [0.2, 0.25) is 0 Å². The predicted octanol–water partition coefficient (Wildman–Crippen LogP) is 6.11. The van der Waals surface area contributed by atoms with E-state index in [0.29, 0.717) is 29.9 Å². The molecule has 2 aliphatic carbocycles. The number of hydrogen-bond acceptors (Lipinski definition) is 5. The molecule has 3 aromatic rings. The van der Waals surface area contributed by atoms with Crippen LogP contribution in [0.15, 0.2) is 35.2 Å². The zero-order valence-electron chi connectivity index (χ0n) is 21.8. The molecule has 0 bridgehead atoms. The van der Waals surface area contributed by atoms with Gasteiger partial charge in [-0.2, -0.15) is 5.10 Å². The van der Waals surface area contributed by atoms with Crippen molar-refractivity contribution in [3.8, 4) is 0 Å². The number of piperidine rings is 1. The number of fused-ring (bicyclic) bond motifs is 2. The molecule has 1 saturated heterocycles. The van der Waals surface area contributed by atoms with Crippen LogP contribution in [0, 0.1) is 17.8 Å². The average Bonchev–Trinajstić information content (AvgIpc) is 3.17. The molecule has 6 nitrogen and oxygen atoms in total. The van der Waals surface area contributed by atoms with Gasteiger partial charge in [0.1, 0.15) is 6.26 Å². The van der Waals surface area contributed by atoms with Crippen molar-refractivity contribution in [2.24, 2.45) is 24.8 Å². The smallest absolute Gasteiger partial charge is 0.275 e. The van der Waals surface area contributed by atoms with E-state index in [9.17, 15) is 13.6 Å².